The maximum atomic E-state index is 11.2. The van der Waals surface area contributed by atoms with Crippen molar-refractivity contribution < 1.29 is 19.0 Å². The maximum Gasteiger partial charge on any atom is 0.222 e. The molecular weight excluding hydrogens is 258 g/mol. The van der Waals surface area contributed by atoms with E-state index < -0.39 is 0 Å². The van der Waals surface area contributed by atoms with Crippen molar-refractivity contribution in [2.45, 2.75) is 27.2 Å². The van der Waals surface area contributed by atoms with Gasteiger partial charge in [0.1, 0.15) is 6.61 Å². The molecule has 1 amide bonds. The number of carbonyl (C=O) groups is 1. The first-order valence-electron chi connectivity index (χ1n) is 7.15. The number of hydrogen-bond acceptors (Lipinski definition) is 4. The first kappa shape index (κ1) is 18.9. The zero-order valence-corrected chi connectivity index (χ0v) is 12.9. The van der Waals surface area contributed by atoms with Crippen LogP contribution < -0.4 is 5.32 Å². The number of nitrogens with one attached hydrogen (secondary N) is 1. The van der Waals surface area contributed by atoms with Crippen LogP contribution in [0.2, 0.25) is 0 Å². The van der Waals surface area contributed by atoms with E-state index >= 15 is 0 Å². The molecule has 0 saturated heterocycles. The van der Waals surface area contributed by atoms with E-state index in [9.17, 15) is 4.79 Å². The minimum absolute atomic E-state index is 0.0142. The van der Waals surface area contributed by atoms with Crippen molar-refractivity contribution in [1.29, 1.82) is 0 Å². The lowest BCUT2D eigenvalue weighted by atomic mass is 10.2. The van der Waals surface area contributed by atoms with Crippen LogP contribution in [0.3, 0.4) is 0 Å². The molecule has 0 saturated carbocycles. The fraction of sp³-hybridized carbons (Fsp3) is 0.800. The van der Waals surface area contributed by atoms with Crippen LogP contribution >= 0.6 is 0 Å². The van der Waals surface area contributed by atoms with E-state index in [2.05, 4.69) is 17.2 Å². The van der Waals surface area contributed by atoms with Crippen LogP contribution in [0.1, 0.15) is 27.2 Å². The molecule has 0 aromatic heterocycles. The van der Waals surface area contributed by atoms with E-state index in [0.29, 0.717) is 46.2 Å². The summed E-state index contributed by atoms with van der Waals surface area (Å²) in [6, 6.07) is 0. The van der Waals surface area contributed by atoms with Crippen LogP contribution in [0, 0.1) is 17.8 Å². The predicted octanol–water partition coefficient (Wildman–Crippen LogP) is 1.22. The quantitative estimate of drug-likeness (QED) is 0.458. The van der Waals surface area contributed by atoms with Crippen molar-refractivity contribution in [1.82, 2.24) is 5.32 Å². The van der Waals surface area contributed by atoms with Gasteiger partial charge in [-0.3, -0.25) is 4.79 Å². The second kappa shape index (κ2) is 14.3. The normalized spacial score (nSPS) is 10.2. The van der Waals surface area contributed by atoms with Crippen molar-refractivity contribution >= 4 is 5.91 Å². The van der Waals surface area contributed by atoms with Gasteiger partial charge in [-0.15, -0.1) is 5.92 Å². The van der Waals surface area contributed by atoms with Gasteiger partial charge in [-0.2, -0.15) is 0 Å². The maximum absolute atomic E-state index is 11.2. The SMILES string of the molecule is CCC#CCOCCOCCOCCNC(=O)C(C)C. The van der Waals surface area contributed by atoms with Gasteiger partial charge in [0.05, 0.1) is 33.0 Å². The summed E-state index contributed by atoms with van der Waals surface area (Å²) in [5.74, 6) is 5.88. The highest BCUT2D eigenvalue weighted by Gasteiger charge is 2.04. The minimum atomic E-state index is 0.0142. The van der Waals surface area contributed by atoms with Gasteiger partial charge in [0.15, 0.2) is 0 Å². The fourth-order valence-electron chi connectivity index (χ4n) is 1.19. The number of hydrogen-bond donors (Lipinski definition) is 1. The summed E-state index contributed by atoms with van der Waals surface area (Å²) in [6.45, 7) is 9.37. The Kier molecular flexibility index (Phi) is 13.5. The van der Waals surface area contributed by atoms with E-state index in [4.69, 9.17) is 14.2 Å². The third-order valence-corrected chi connectivity index (χ3v) is 2.29. The highest BCUT2D eigenvalue weighted by molar-refractivity contribution is 5.77. The minimum Gasteiger partial charge on any atom is -0.377 e. The van der Waals surface area contributed by atoms with Crippen LogP contribution in [-0.2, 0) is 19.0 Å². The van der Waals surface area contributed by atoms with Gasteiger partial charge in [-0.05, 0) is 0 Å². The average Bonchev–Trinajstić information content (AvgIpc) is 2.43. The van der Waals surface area contributed by atoms with Crippen LogP contribution in [-0.4, -0.2) is 52.1 Å². The number of amides is 1. The molecule has 20 heavy (non-hydrogen) atoms. The second-order valence-corrected chi connectivity index (χ2v) is 4.43. The molecule has 0 rings (SSSR count). The Hall–Kier alpha value is -1.09. The number of ether oxygens (including phenoxy) is 3. The fourth-order valence-corrected chi connectivity index (χ4v) is 1.19. The largest absolute Gasteiger partial charge is 0.377 e. The van der Waals surface area contributed by atoms with E-state index in [1.54, 1.807) is 0 Å². The molecule has 0 aromatic rings. The molecule has 5 heteroatoms. The molecule has 0 fully saturated rings. The zero-order chi connectivity index (χ0) is 15.1. The smallest absolute Gasteiger partial charge is 0.222 e. The highest BCUT2D eigenvalue weighted by atomic mass is 16.5. The lowest BCUT2D eigenvalue weighted by Gasteiger charge is -2.08. The van der Waals surface area contributed by atoms with Gasteiger partial charge >= 0.3 is 0 Å². The average molecular weight is 285 g/mol. The summed E-state index contributed by atoms with van der Waals surface area (Å²) in [6.07, 6.45) is 0.856. The van der Waals surface area contributed by atoms with E-state index in [0.717, 1.165) is 6.42 Å². The van der Waals surface area contributed by atoms with Crippen LogP contribution in [0.5, 0.6) is 0 Å². The predicted molar refractivity (Wildman–Crippen MR) is 78.4 cm³/mol. The second-order valence-electron chi connectivity index (χ2n) is 4.43. The standard InChI is InChI=1S/C15H27NO4/c1-4-5-6-8-18-10-12-20-13-11-19-9-7-16-15(17)14(2)3/h14H,4,7-13H2,1-3H3,(H,16,17). The lowest BCUT2D eigenvalue weighted by molar-refractivity contribution is -0.124. The number of rotatable bonds is 11. The third-order valence-electron chi connectivity index (χ3n) is 2.29. The molecule has 0 heterocycles. The molecule has 1 N–H and O–H groups in total. The van der Waals surface area contributed by atoms with Gasteiger partial charge < -0.3 is 19.5 Å². The Balaban J connectivity index is 3.12. The molecule has 0 aliphatic heterocycles. The first-order valence-corrected chi connectivity index (χ1v) is 7.15. The molecule has 0 atom stereocenters. The van der Waals surface area contributed by atoms with Crippen molar-refractivity contribution in [2.24, 2.45) is 5.92 Å². The Labute approximate surface area is 122 Å². The van der Waals surface area contributed by atoms with Crippen LogP contribution in [0.25, 0.3) is 0 Å². The summed E-state index contributed by atoms with van der Waals surface area (Å²) in [7, 11) is 0. The van der Waals surface area contributed by atoms with E-state index in [1.807, 2.05) is 20.8 Å². The van der Waals surface area contributed by atoms with Crippen molar-refractivity contribution in [3.63, 3.8) is 0 Å². The Morgan fingerprint density at radius 3 is 2.20 bits per heavy atom. The molecule has 0 aliphatic rings. The summed E-state index contributed by atoms with van der Waals surface area (Å²) >= 11 is 0. The van der Waals surface area contributed by atoms with Crippen molar-refractivity contribution in [3.05, 3.63) is 0 Å². The summed E-state index contributed by atoms with van der Waals surface area (Å²) in [5, 5.41) is 2.78. The highest BCUT2D eigenvalue weighted by Crippen LogP contribution is 1.89. The van der Waals surface area contributed by atoms with E-state index in [-0.39, 0.29) is 11.8 Å². The molecule has 0 radical (unpaired) electrons. The Morgan fingerprint density at radius 2 is 1.60 bits per heavy atom. The van der Waals surface area contributed by atoms with Gasteiger partial charge in [0.2, 0.25) is 5.91 Å². The molecule has 116 valence electrons. The topological polar surface area (TPSA) is 56.8 Å². The summed E-state index contributed by atoms with van der Waals surface area (Å²) in [4.78, 5) is 11.2. The zero-order valence-electron chi connectivity index (χ0n) is 12.9. The van der Waals surface area contributed by atoms with Crippen LogP contribution in [0.15, 0.2) is 0 Å². The van der Waals surface area contributed by atoms with Crippen LogP contribution in [0.4, 0.5) is 0 Å². The monoisotopic (exact) mass is 285 g/mol. The van der Waals surface area contributed by atoms with Crippen molar-refractivity contribution in [2.75, 3.05) is 46.2 Å². The third kappa shape index (κ3) is 13.3. The van der Waals surface area contributed by atoms with E-state index in [1.165, 1.54) is 0 Å². The molecule has 5 nitrogen and oxygen atoms in total. The molecule has 0 unspecified atom stereocenters. The van der Waals surface area contributed by atoms with Gasteiger partial charge in [0, 0.05) is 18.9 Å². The van der Waals surface area contributed by atoms with Crippen molar-refractivity contribution in [3.8, 4) is 11.8 Å². The first-order chi connectivity index (χ1) is 9.68. The molecule has 0 aromatic carbocycles. The lowest BCUT2D eigenvalue weighted by Crippen LogP contribution is -2.31. The molecular formula is C15H27NO4. The van der Waals surface area contributed by atoms with Gasteiger partial charge in [0.25, 0.3) is 0 Å². The summed E-state index contributed by atoms with van der Waals surface area (Å²) in [5.41, 5.74) is 0. The summed E-state index contributed by atoms with van der Waals surface area (Å²) < 4.78 is 15.9. The molecule has 0 spiro atoms. The molecule has 0 bridgehead atoms. The Morgan fingerprint density at radius 1 is 1.00 bits per heavy atom. The Bertz CT molecular complexity index is 294. The number of carbonyl (C=O) groups excluding carboxylic acids is 1. The molecule has 0 aliphatic carbocycles. The van der Waals surface area contributed by atoms with Gasteiger partial charge in [-0.1, -0.05) is 26.7 Å². The van der Waals surface area contributed by atoms with Gasteiger partial charge in [-0.25, -0.2) is 0 Å².